The van der Waals surface area contributed by atoms with E-state index in [1.807, 2.05) is 13.8 Å². The normalized spacial score (nSPS) is 11.9. The molecule has 0 amide bonds. The minimum absolute atomic E-state index is 0.0613. The molecule has 1 heterocycles. The highest BCUT2D eigenvalue weighted by atomic mass is 16.6. The number of pyridine rings is 1. The number of aromatic nitrogens is 1. The summed E-state index contributed by atoms with van der Waals surface area (Å²) in [6.45, 7) is 3.79. The Hall–Kier alpha value is -1.85. The van der Waals surface area contributed by atoms with E-state index in [9.17, 15) is 10.1 Å². The van der Waals surface area contributed by atoms with Crippen molar-refractivity contribution in [2.45, 2.75) is 26.4 Å². The molecule has 1 unspecified atom stereocenters. The molecule has 0 aliphatic carbocycles. The van der Waals surface area contributed by atoms with E-state index < -0.39 is 4.92 Å². The van der Waals surface area contributed by atoms with E-state index >= 15 is 0 Å². The minimum Gasteiger partial charge on any atom is -0.470 e. The third kappa shape index (κ3) is 2.82. The molecule has 1 aromatic heterocycles. The van der Waals surface area contributed by atoms with Crippen LogP contribution in [-0.2, 0) is 0 Å². The number of nitrogens with one attached hydrogen (secondary N) is 1. The molecule has 6 nitrogen and oxygen atoms in total. The second-order valence-corrected chi connectivity index (χ2v) is 3.36. The first-order valence-electron chi connectivity index (χ1n) is 5.08. The summed E-state index contributed by atoms with van der Waals surface area (Å²) in [5.74, 6) is 0.607. The van der Waals surface area contributed by atoms with E-state index in [2.05, 4.69) is 10.3 Å². The average Bonchev–Trinajstić information content (AvgIpc) is 2.28. The van der Waals surface area contributed by atoms with Gasteiger partial charge in [0.05, 0.1) is 11.0 Å². The Bertz CT molecular complexity index is 382. The van der Waals surface area contributed by atoms with E-state index in [4.69, 9.17) is 4.74 Å². The summed E-state index contributed by atoms with van der Waals surface area (Å²) < 4.78 is 5.41. The van der Waals surface area contributed by atoms with Crippen LogP contribution in [0.4, 0.5) is 11.5 Å². The summed E-state index contributed by atoms with van der Waals surface area (Å²) in [5.41, 5.74) is -0.112. The molecule has 88 valence electrons. The van der Waals surface area contributed by atoms with Gasteiger partial charge in [-0.2, -0.15) is 4.98 Å². The summed E-state index contributed by atoms with van der Waals surface area (Å²) in [6.07, 6.45) is 0.668. The van der Waals surface area contributed by atoms with Crippen molar-refractivity contribution in [1.82, 2.24) is 4.98 Å². The van der Waals surface area contributed by atoms with Crippen LogP contribution < -0.4 is 10.1 Å². The zero-order valence-electron chi connectivity index (χ0n) is 9.56. The Morgan fingerprint density at radius 1 is 1.62 bits per heavy atom. The van der Waals surface area contributed by atoms with Crippen molar-refractivity contribution in [2.75, 3.05) is 12.4 Å². The maximum absolute atomic E-state index is 10.8. The lowest BCUT2D eigenvalue weighted by Crippen LogP contribution is -2.12. The number of anilines is 1. The van der Waals surface area contributed by atoms with Crippen LogP contribution in [-0.4, -0.2) is 23.1 Å². The van der Waals surface area contributed by atoms with Crippen molar-refractivity contribution in [3.05, 3.63) is 22.2 Å². The Morgan fingerprint density at radius 3 is 2.81 bits per heavy atom. The van der Waals surface area contributed by atoms with Gasteiger partial charge in [-0.1, -0.05) is 6.92 Å². The number of nitrogens with zero attached hydrogens (tertiary/aromatic N) is 2. The van der Waals surface area contributed by atoms with Crippen LogP contribution in [0.3, 0.4) is 0 Å². The molecule has 0 saturated carbocycles. The lowest BCUT2D eigenvalue weighted by Gasteiger charge is -2.12. The van der Waals surface area contributed by atoms with Gasteiger partial charge >= 0.3 is 5.69 Å². The number of hydrogen-bond donors (Lipinski definition) is 1. The molecule has 0 aliphatic heterocycles. The summed E-state index contributed by atoms with van der Waals surface area (Å²) in [6, 6.07) is 2.93. The summed E-state index contributed by atoms with van der Waals surface area (Å²) in [4.78, 5) is 14.3. The molecule has 6 heteroatoms. The molecule has 1 N–H and O–H groups in total. The second-order valence-electron chi connectivity index (χ2n) is 3.36. The van der Waals surface area contributed by atoms with Crippen LogP contribution in [0, 0.1) is 10.1 Å². The quantitative estimate of drug-likeness (QED) is 0.614. The molecule has 0 spiro atoms. The average molecular weight is 225 g/mol. The van der Waals surface area contributed by atoms with Crippen LogP contribution in [0.25, 0.3) is 0 Å². The maximum Gasteiger partial charge on any atom is 0.331 e. The van der Waals surface area contributed by atoms with Crippen molar-refractivity contribution < 1.29 is 9.66 Å². The van der Waals surface area contributed by atoms with E-state index in [0.717, 1.165) is 6.42 Å². The van der Waals surface area contributed by atoms with Crippen molar-refractivity contribution >= 4 is 11.5 Å². The Morgan fingerprint density at radius 2 is 2.31 bits per heavy atom. The highest BCUT2D eigenvalue weighted by Crippen LogP contribution is 2.27. The molecule has 0 radical (unpaired) electrons. The van der Waals surface area contributed by atoms with E-state index in [1.54, 1.807) is 13.1 Å². The molecular formula is C10H15N3O3. The first-order chi connectivity index (χ1) is 7.58. The van der Waals surface area contributed by atoms with Gasteiger partial charge in [0, 0.05) is 13.1 Å². The fourth-order valence-electron chi connectivity index (χ4n) is 1.07. The standard InChI is InChI=1S/C10H15N3O3/c1-4-7(2)16-10-8(13(14)15)5-6-9(11-3)12-10/h5-7H,4H2,1-3H3,(H,11,12). The predicted octanol–water partition coefficient (Wildman–Crippen LogP) is 2.21. The van der Waals surface area contributed by atoms with Crippen molar-refractivity contribution in [3.63, 3.8) is 0 Å². The fourth-order valence-corrected chi connectivity index (χ4v) is 1.07. The zero-order chi connectivity index (χ0) is 12.1. The van der Waals surface area contributed by atoms with Gasteiger partial charge in [0.15, 0.2) is 0 Å². The highest BCUT2D eigenvalue weighted by molar-refractivity contribution is 5.48. The molecule has 1 atom stereocenters. The lowest BCUT2D eigenvalue weighted by molar-refractivity contribution is -0.386. The Balaban J connectivity index is 3.05. The SMILES string of the molecule is CCC(C)Oc1nc(NC)ccc1[N+](=O)[O-]. The monoisotopic (exact) mass is 225 g/mol. The molecule has 0 fully saturated rings. The lowest BCUT2D eigenvalue weighted by atomic mass is 10.3. The number of hydrogen-bond acceptors (Lipinski definition) is 5. The van der Waals surface area contributed by atoms with E-state index in [-0.39, 0.29) is 17.7 Å². The van der Waals surface area contributed by atoms with Crippen molar-refractivity contribution in [2.24, 2.45) is 0 Å². The third-order valence-corrected chi connectivity index (χ3v) is 2.18. The molecule has 0 aromatic carbocycles. The summed E-state index contributed by atoms with van der Waals surface area (Å²) >= 11 is 0. The summed E-state index contributed by atoms with van der Waals surface area (Å²) in [5, 5.41) is 13.6. The topological polar surface area (TPSA) is 77.3 Å². The smallest absolute Gasteiger partial charge is 0.331 e. The van der Waals surface area contributed by atoms with Crippen molar-refractivity contribution in [1.29, 1.82) is 0 Å². The van der Waals surface area contributed by atoms with Crippen LogP contribution in [0.15, 0.2) is 12.1 Å². The van der Waals surface area contributed by atoms with Gasteiger partial charge in [-0.05, 0) is 19.4 Å². The Kier molecular flexibility index (Phi) is 4.04. The van der Waals surface area contributed by atoms with Gasteiger partial charge in [0.25, 0.3) is 5.88 Å². The van der Waals surface area contributed by atoms with Crippen LogP contribution in [0.5, 0.6) is 5.88 Å². The van der Waals surface area contributed by atoms with Gasteiger partial charge in [-0.25, -0.2) is 0 Å². The largest absolute Gasteiger partial charge is 0.470 e. The number of nitro groups is 1. The van der Waals surface area contributed by atoms with Crippen LogP contribution in [0.1, 0.15) is 20.3 Å². The number of ether oxygens (including phenoxy) is 1. The molecule has 0 saturated heterocycles. The van der Waals surface area contributed by atoms with Crippen LogP contribution >= 0.6 is 0 Å². The first kappa shape index (κ1) is 12.2. The fraction of sp³-hybridized carbons (Fsp3) is 0.500. The van der Waals surface area contributed by atoms with Gasteiger partial charge in [-0.3, -0.25) is 10.1 Å². The molecule has 16 heavy (non-hydrogen) atoms. The van der Waals surface area contributed by atoms with E-state index in [0.29, 0.717) is 5.82 Å². The number of rotatable bonds is 5. The molecule has 0 aliphatic rings. The van der Waals surface area contributed by atoms with Crippen LogP contribution in [0.2, 0.25) is 0 Å². The third-order valence-electron chi connectivity index (χ3n) is 2.18. The van der Waals surface area contributed by atoms with E-state index in [1.165, 1.54) is 6.07 Å². The molecule has 1 rings (SSSR count). The zero-order valence-corrected chi connectivity index (χ0v) is 9.56. The predicted molar refractivity (Wildman–Crippen MR) is 60.8 cm³/mol. The first-order valence-corrected chi connectivity index (χ1v) is 5.08. The highest BCUT2D eigenvalue weighted by Gasteiger charge is 2.18. The van der Waals surface area contributed by atoms with Crippen molar-refractivity contribution in [3.8, 4) is 5.88 Å². The minimum atomic E-state index is -0.496. The molecule has 1 aromatic rings. The Labute approximate surface area is 93.8 Å². The van der Waals surface area contributed by atoms with Gasteiger partial charge < -0.3 is 10.1 Å². The van der Waals surface area contributed by atoms with Gasteiger partial charge in [0.2, 0.25) is 0 Å². The maximum atomic E-state index is 10.8. The van der Waals surface area contributed by atoms with Gasteiger partial charge in [0.1, 0.15) is 5.82 Å². The molecule has 0 bridgehead atoms. The van der Waals surface area contributed by atoms with Gasteiger partial charge in [-0.15, -0.1) is 0 Å². The second kappa shape index (κ2) is 5.29. The molecular weight excluding hydrogens is 210 g/mol. The summed E-state index contributed by atoms with van der Waals surface area (Å²) in [7, 11) is 1.70.